The highest BCUT2D eigenvalue weighted by Gasteiger charge is 2.34. The Balaban J connectivity index is 3.47. The summed E-state index contributed by atoms with van der Waals surface area (Å²) in [4.78, 5) is 11.0. The van der Waals surface area contributed by atoms with Crippen LogP contribution in [0.5, 0.6) is 5.75 Å². The largest absolute Gasteiger partial charge is 0.495 e. The smallest absolute Gasteiger partial charge is 0.446 e. The molecule has 0 atom stereocenters. The maximum absolute atomic E-state index is 12.5. The molecular formula is C11H8F3NO3S. The van der Waals surface area contributed by atoms with E-state index < -0.39 is 28.1 Å². The standard InChI is InChI=1S/C11H8F3NO3S/c1-17-8-7(10(16)18-2)4-3-6(5-15)9(8)19-11(12,13)14/h3-4H,1-2H3. The zero-order chi connectivity index (χ0) is 14.6. The van der Waals surface area contributed by atoms with Crippen molar-refractivity contribution in [1.29, 1.82) is 5.26 Å². The fourth-order valence-corrected chi connectivity index (χ4v) is 2.08. The molecule has 0 saturated heterocycles. The van der Waals surface area contributed by atoms with E-state index in [2.05, 4.69) is 4.74 Å². The average molecular weight is 291 g/mol. The van der Waals surface area contributed by atoms with Crippen molar-refractivity contribution in [2.45, 2.75) is 10.4 Å². The lowest BCUT2D eigenvalue weighted by atomic mass is 10.1. The maximum Gasteiger partial charge on any atom is 0.446 e. The fraction of sp³-hybridized carbons (Fsp3) is 0.273. The third kappa shape index (κ3) is 3.54. The number of carbonyl (C=O) groups excluding carboxylic acids is 1. The van der Waals surface area contributed by atoms with Crippen LogP contribution < -0.4 is 4.74 Å². The summed E-state index contributed by atoms with van der Waals surface area (Å²) in [6, 6.07) is 3.92. The molecule has 0 radical (unpaired) electrons. The molecule has 0 bridgehead atoms. The van der Waals surface area contributed by atoms with Gasteiger partial charge in [0, 0.05) is 0 Å². The predicted molar refractivity (Wildman–Crippen MR) is 61.0 cm³/mol. The fourth-order valence-electron chi connectivity index (χ4n) is 1.34. The van der Waals surface area contributed by atoms with Crippen LogP contribution in [0.25, 0.3) is 0 Å². The molecule has 0 unspecified atom stereocenters. The van der Waals surface area contributed by atoms with E-state index in [1.807, 2.05) is 0 Å². The van der Waals surface area contributed by atoms with Crippen molar-refractivity contribution in [2.75, 3.05) is 14.2 Å². The molecule has 0 spiro atoms. The molecule has 0 heterocycles. The first-order valence-corrected chi connectivity index (χ1v) is 5.60. The summed E-state index contributed by atoms with van der Waals surface area (Å²) in [7, 11) is 2.21. The summed E-state index contributed by atoms with van der Waals surface area (Å²) < 4.78 is 46.7. The molecule has 0 aliphatic rings. The molecule has 0 N–H and O–H groups in total. The van der Waals surface area contributed by atoms with Gasteiger partial charge in [-0.2, -0.15) is 18.4 Å². The van der Waals surface area contributed by atoms with Crippen LogP contribution in [0, 0.1) is 11.3 Å². The lowest BCUT2D eigenvalue weighted by Crippen LogP contribution is -2.08. The molecule has 1 aromatic rings. The number of nitrogens with zero attached hydrogens (tertiary/aromatic N) is 1. The van der Waals surface area contributed by atoms with Crippen molar-refractivity contribution in [3.63, 3.8) is 0 Å². The van der Waals surface area contributed by atoms with Crippen LogP contribution in [-0.2, 0) is 4.74 Å². The van der Waals surface area contributed by atoms with Gasteiger partial charge in [0.15, 0.2) is 0 Å². The highest BCUT2D eigenvalue weighted by Crippen LogP contribution is 2.44. The van der Waals surface area contributed by atoms with Gasteiger partial charge in [-0.1, -0.05) is 0 Å². The summed E-state index contributed by atoms with van der Waals surface area (Å²) in [6.45, 7) is 0. The van der Waals surface area contributed by atoms with Crippen molar-refractivity contribution < 1.29 is 27.4 Å². The molecule has 0 aliphatic carbocycles. The zero-order valence-corrected chi connectivity index (χ0v) is 10.7. The quantitative estimate of drug-likeness (QED) is 0.633. The van der Waals surface area contributed by atoms with Crippen LogP contribution in [0.4, 0.5) is 13.2 Å². The number of hydrogen-bond acceptors (Lipinski definition) is 5. The maximum atomic E-state index is 12.5. The van der Waals surface area contributed by atoms with Gasteiger partial charge in [0.2, 0.25) is 0 Å². The third-order valence-electron chi connectivity index (χ3n) is 2.06. The summed E-state index contributed by atoms with van der Waals surface area (Å²) in [5.74, 6) is -1.17. The SMILES string of the molecule is COC(=O)c1ccc(C#N)c(SC(F)(F)F)c1OC. The van der Waals surface area contributed by atoms with E-state index >= 15 is 0 Å². The Morgan fingerprint density at radius 3 is 2.42 bits per heavy atom. The second-order valence-corrected chi connectivity index (χ2v) is 4.25. The van der Waals surface area contributed by atoms with E-state index in [-0.39, 0.29) is 16.9 Å². The number of carbonyl (C=O) groups is 1. The van der Waals surface area contributed by atoms with Crippen molar-refractivity contribution >= 4 is 17.7 Å². The van der Waals surface area contributed by atoms with Crippen LogP contribution in [-0.4, -0.2) is 25.7 Å². The van der Waals surface area contributed by atoms with Crippen LogP contribution in [0.15, 0.2) is 17.0 Å². The first-order valence-electron chi connectivity index (χ1n) is 4.79. The molecule has 19 heavy (non-hydrogen) atoms. The Morgan fingerprint density at radius 1 is 1.37 bits per heavy atom. The molecule has 4 nitrogen and oxygen atoms in total. The minimum atomic E-state index is -4.60. The van der Waals surface area contributed by atoms with E-state index in [1.54, 1.807) is 6.07 Å². The molecule has 1 aromatic carbocycles. The van der Waals surface area contributed by atoms with E-state index in [0.29, 0.717) is 0 Å². The van der Waals surface area contributed by atoms with E-state index in [4.69, 9.17) is 10.00 Å². The molecule has 0 fully saturated rings. The zero-order valence-electron chi connectivity index (χ0n) is 9.87. The summed E-state index contributed by atoms with van der Waals surface area (Å²) >= 11 is -0.510. The minimum absolute atomic E-state index is 0.171. The van der Waals surface area contributed by atoms with E-state index in [1.165, 1.54) is 6.07 Å². The summed E-state index contributed by atoms with van der Waals surface area (Å²) in [5.41, 5.74) is -5.00. The van der Waals surface area contributed by atoms with Crippen LogP contribution >= 0.6 is 11.8 Å². The van der Waals surface area contributed by atoms with Crippen molar-refractivity contribution in [2.24, 2.45) is 0 Å². The molecule has 0 amide bonds. The Hall–Kier alpha value is -1.88. The van der Waals surface area contributed by atoms with Gasteiger partial charge in [0.05, 0.1) is 24.7 Å². The van der Waals surface area contributed by atoms with Crippen LogP contribution in [0.3, 0.4) is 0 Å². The number of thioether (sulfide) groups is 1. The highest BCUT2D eigenvalue weighted by molar-refractivity contribution is 8.00. The molecular weight excluding hydrogens is 283 g/mol. The van der Waals surface area contributed by atoms with Gasteiger partial charge in [-0.15, -0.1) is 0 Å². The number of ether oxygens (including phenoxy) is 2. The van der Waals surface area contributed by atoms with Crippen molar-refractivity contribution in [3.05, 3.63) is 23.3 Å². The highest BCUT2D eigenvalue weighted by atomic mass is 32.2. The van der Waals surface area contributed by atoms with E-state index in [9.17, 15) is 18.0 Å². The molecule has 0 saturated carbocycles. The second kappa shape index (κ2) is 5.84. The Kier molecular flexibility index (Phi) is 4.67. The first kappa shape index (κ1) is 15.2. The van der Waals surface area contributed by atoms with Crippen LogP contribution in [0.1, 0.15) is 15.9 Å². The third-order valence-corrected chi connectivity index (χ3v) is 2.90. The molecule has 102 valence electrons. The topological polar surface area (TPSA) is 59.3 Å². The second-order valence-electron chi connectivity index (χ2n) is 3.17. The minimum Gasteiger partial charge on any atom is -0.495 e. The Morgan fingerprint density at radius 2 is 2.00 bits per heavy atom. The molecule has 8 heteroatoms. The van der Waals surface area contributed by atoms with Crippen molar-refractivity contribution in [3.8, 4) is 11.8 Å². The van der Waals surface area contributed by atoms with Gasteiger partial charge in [0.25, 0.3) is 0 Å². The lowest BCUT2D eigenvalue weighted by Gasteiger charge is -2.14. The number of methoxy groups -OCH3 is 2. The molecule has 0 aromatic heterocycles. The monoisotopic (exact) mass is 291 g/mol. The summed E-state index contributed by atoms with van der Waals surface area (Å²) in [6.07, 6.45) is 0. The van der Waals surface area contributed by atoms with Gasteiger partial charge >= 0.3 is 11.5 Å². The summed E-state index contributed by atoms with van der Waals surface area (Å²) in [5, 5.41) is 8.82. The van der Waals surface area contributed by atoms with Gasteiger partial charge < -0.3 is 9.47 Å². The number of rotatable bonds is 3. The Bertz CT molecular complexity index is 537. The number of nitriles is 1. The van der Waals surface area contributed by atoms with Gasteiger partial charge in [-0.25, -0.2) is 4.79 Å². The Labute approximate surface area is 111 Å². The number of halogens is 3. The number of benzene rings is 1. The number of alkyl halides is 3. The lowest BCUT2D eigenvalue weighted by molar-refractivity contribution is -0.0329. The van der Waals surface area contributed by atoms with Crippen LogP contribution in [0.2, 0.25) is 0 Å². The molecule has 0 aliphatic heterocycles. The predicted octanol–water partition coefficient (Wildman–Crippen LogP) is 2.97. The number of esters is 1. The number of hydrogen-bond donors (Lipinski definition) is 0. The molecule has 1 rings (SSSR count). The first-order chi connectivity index (χ1) is 8.84. The van der Waals surface area contributed by atoms with Gasteiger partial charge in [0.1, 0.15) is 17.4 Å². The van der Waals surface area contributed by atoms with Gasteiger partial charge in [-0.05, 0) is 23.9 Å². The average Bonchev–Trinajstić information content (AvgIpc) is 2.35. The van der Waals surface area contributed by atoms with Gasteiger partial charge in [-0.3, -0.25) is 0 Å². The van der Waals surface area contributed by atoms with Crippen molar-refractivity contribution in [1.82, 2.24) is 0 Å². The van der Waals surface area contributed by atoms with E-state index in [0.717, 1.165) is 20.3 Å². The normalized spacial score (nSPS) is 10.7.